The van der Waals surface area contributed by atoms with E-state index in [9.17, 15) is 0 Å². The molecule has 100 valence electrons. The third-order valence-electron chi connectivity index (χ3n) is 4.12. The van der Waals surface area contributed by atoms with Crippen molar-refractivity contribution < 1.29 is 4.74 Å². The molecule has 0 radical (unpaired) electrons. The second-order valence-corrected chi connectivity index (χ2v) is 5.46. The van der Waals surface area contributed by atoms with E-state index in [0.29, 0.717) is 0 Å². The molecule has 1 aromatic carbocycles. The number of hydrogen-bond acceptors (Lipinski definition) is 3. The van der Waals surface area contributed by atoms with E-state index in [1.54, 1.807) is 7.11 Å². The van der Waals surface area contributed by atoms with Gasteiger partial charge in [-0.1, -0.05) is 6.07 Å². The molecule has 18 heavy (non-hydrogen) atoms. The van der Waals surface area contributed by atoms with Gasteiger partial charge in [-0.15, -0.1) is 0 Å². The second kappa shape index (κ2) is 4.90. The number of nitrogens with one attached hydrogen (secondary N) is 2. The van der Waals surface area contributed by atoms with Crippen LogP contribution in [0.15, 0.2) is 6.07 Å². The molecular weight excluding hydrogens is 224 g/mol. The Balaban J connectivity index is 2.51. The Morgan fingerprint density at radius 2 is 1.89 bits per heavy atom. The SMILES string of the molecule is COc1c(C)cc(C2(C)CNCCN2)c(C)c1C. The van der Waals surface area contributed by atoms with Crippen LogP contribution in [0.3, 0.4) is 0 Å². The molecule has 0 bridgehead atoms. The van der Waals surface area contributed by atoms with Gasteiger partial charge in [0.2, 0.25) is 0 Å². The molecule has 2 rings (SSSR count). The summed E-state index contributed by atoms with van der Waals surface area (Å²) in [5.74, 6) is 1.02. The average Bonchev–Trinajstić information content (AvgIpc) is 2.35. The molecule has 1 atom stereocenters. The number of methoxy groups -OCH3 is 1. The van der Waals surface area contributed by atoms with Gasteiger partial charge in [0.1, 0.15) is 5.75 Å². The molecule has 0 amide bonds. The summed E-state index contributed by atoms with van der Waals surface area (Å²) in [6.45, 7) is 11.8. The van der Waals surface area contributed by atoms with E-state index >= 15 is 0 Å². The molecule has 1 heterocycles. The summed E-state index contributed by atoms with van der Waals surface area (Å²) in [4.78, 5) is 0. The van der Waals surface area contributed by atoms with E-state index in [4.69, 9.17) is 4.74 Å². The van der Waals surface area contributed by atoms with Crippen LogP contribution in [0, 0.1) is 20.8 Å². The van der Waals surface area contributed by atoms with Gasteiger partial charge in [-0.3, -0.25) is 0 Å². The number of hydrogen-bond donors (Lipinski definition) is 2. The van der Waals surface area contributed by atoms with Gasteiger partial charge in [0.25, 0.3) is 0 Å². The molecule has 0 aliphatic carbocycles. The molecule has 1 aliphatic heterocycles. The minimum atomic E-state index is 0.0180. The topological polar surface area (TPSA) is 33.3 Å². The minimum Gasteiger partial charge on any atom is -0.496 e. The lowest BCUT2D eigenvalue weighted by Gasteiger charge is -2.38. The summed E-state index contributed by atoms with van der Waals surface area (Å²) in [6.07, 6.45) is 0. The van der Waals surface area contributed by atoms with Crippen molar-refractivity contribution in [2.45, 2.75) is 33.2 Å². The van der Waals surface area contributed by atoms with Crippen molar-refractivity contribution in [3.05, 3.63) is 28.3 Å². The fourth-order valence-electron chi connectivity index (χ4n) is 2.96. The summed E-state index contributed by atoms with van der Waals surface area (Å²) in [6, 6.07) is 2.27. The van der Waals surface area contributed by atoms with Crippen LogP contribution >= 0.6 is 0 Å². The first-order chi connectivity index (χ1) is 8.49. The van der Waals surface area contributed by atoms with E-state index in [1.165, 1.54) is 22.3 Å². The van der Waals surface area contributed by atoms with Gasteiger partial charge < -0.3 is 15.4 Å². The van der Waals surface area contributed by atoms with Crippen LogP contribution in [-0.4, -0.2) is 26.7 Å². The first-order valence-electron chi connectivity index (χ1n) is 6.60. The number of rotatable bonds is 2. The zero-order chi connectivity index (χ0) is 13.3. The van der Waals surface area contributed by atoms with Crippen LogP contribution in [0.5, 0.6) is 5.75 Å². The van der Waals surface area contributed by atoms with E-state index in [2.05, 4.69) is 44.4 Å². The Bertz CT molecular complexity index is 448. The van der Waals surface area contributed by atoms with Gasteiger partial charge in [0.15, 0.2) is 0 Å². The van der Waals surface area contributed by atoms with E-state index < -0.39 is 0 Å². The zero-order valence-corrected chi connectivity index (χ0v) is 12.1. The highest BCUT2D eigenvalue weighted by atomic mass is 16.5. The quantitative estimate of drug-likeness (QED) is 0.840. The maximum atomic E-state index is 5.50. The summed E-state index contributed by atoms with van der Waals surface area (Å²) < 4.78 is 5.50. The average molecular weight is 248 g/mol. The molecule has 1 aliphatic rings. The summed E-state index contributed by atoms with van der Waals surface area (Å²) in [5.41, 5.74) is 5.19. The van der Waals surface area contributed by atoms with Gasteiger partial charge >= 0.3 is 0 Å². The predicted molar refractivity (Wildman–Crippen MR) is 75.4 cm³/mol. The molecule has 0 aromatic heterocycles. The number of ether oxygens (including phenoxy) is 1. The van der Waals surface area contributed by atoms with Crippen LogP contribution in [0.4, 0.5) is 0 Å². The molecule has 0 spiro atoms. The smallest absolute Gasteiger partial charge is 0.124 e. The maximum Gasteiger partial charge on any atom is 0.124 e. The molecule has 3 heteroatoms. The van der Waals surface area contributed by atoms with Crippen molar-refractivity contribution in [2.75, 3.05) is 26.7 Å². The van der Waals surface area contributed by atoms with Crippen molar-refractivity contribution in [2.24, 2.45) is 0 Å². The van der Waals surface area contributed by atoms with Gasteiger partial charge in [0, 0.05) is 19.6 Å². The zero-order valence-electron chi connectivity index (χ0n) is 12.1. The number of aryl methyl sites for hydroxylation is 1. The minimum absolute atomic E-state index is 0.0180. The molecule has 3 nitrogen and oxygen atoms in total. The normalized spacial score (nSPS) is 24.1. The lowest BCUT2D eigenvalue weighted by Crippen LogP contribution is -2.55. The molecule has 1 aromatic rings. The first kappa shape index (κ1) is 13.4. The Labute approximate surface area is 110 Å². The largest absolute Gasteiger partial charge is 0.496 e. The summed E-state index contributed by atoms with van der Waals surface area (Å²) >= 11 is 0. The van der Waals surface area contributed by atoms with Crippen molar-refractivity contribution in [1.82, 2.24) is 10.6 Å². The van der Waals surface area contributed by atoms with Crippen molar-refractivity contribution in [3.63, 3.8) is 0 Å². The standard InChI is InChI=1S/C15H24N2O/c1-10-8-13(11(2)12(3)14(10)18-5)15(4)9-16-6-7-17-15/h8,16-17H,6-7,9H2,1-5H3. The monoisotopic (exact) mass is 248 g/mol. The van der Waals surface area contributed by atoms with Gasteiger partial charge in [-0.2, -0.15) is 0 Å². The molecule has 2 N–H and O–H groups in total. The highest BCUT2D eigenvalue weighted by Crippen LogP contribution is 2.34. The van der Waals surface area contributed by atoms with Crippen LogP contribution in [0.2, 0.25) is 0 Å². The van der Waals surface area contributed by atoms with Crippen molar-refractivity contribution in [3.8, 4) is 5.75 Å². The van der Waals surface area contributed by atoms with Gasteiger partial charge in [-0.05, 0) is 49.9 Å². The maximum absolute atomic E-state index is 5.50. The molecule has 1 unspecified atom stereocenters. The van der Waals surface area contributed by atoms with Crippen molar-refractivity contribution in [1.29, 1.82) is 0 Å². The van der Waals surface area contributed by atoms with Gasteiger partial charge in [-0.25, -0.2) is 0 Å². The Kier molecular flexibility index (Phi) is 3.64. The van der Waals surface area contributed by atoms with E-state index in [0.717, 1.165) is 25.4 Å². The third-order valence-corrected chi connectivity index (χ3v) is 4.12. The molecule has 0 saturated carbocycles. The van der Waals surface area contributed by atoms with E-state index in [-0.39, 0.29) is 5.54 Å². The Morgan fingerprint density at radius 1 is 1.17 bits per heavy atom. The van der Waals surface area contributed by atoms with Crippen molar-refractivity contribution >= 4 is 0 Å². The highest BCUT2D eigenvalue weighted by Gasteiger charge is 2.31. The van der Waals surface area contributed by atoms with Crippen LogP contribution < -0.4 is 15.4 Å². The summed E-state index contributed by atoms with van der Waals surface area (Å²) in [5, 5.41) is 7.12. The molecular formula is C15H24N2O. The van der Waals surface area contributed by atoms with Crippen LogP contribution in [0.1, 0.15) is 29.2 Å². The molecule has 1 fully saturated rings. The second-order valence-electron chi connectivity index (χ2n) is 5.46. The van der Waals surface area contributed by atoms with Gasteiger partial charge in [0.05, 0.1) is 12.6 Å². The van der Waals surface area contributed by atoms with E-state index in [1.807, 2.05) is 0 Å². The van der Waals surface area contributed by atoms with Crippen LogP contribution in [-0.2, 0) is 5.54 Å². The lowest BCUT2D eigenvalue weighted by atomic mass is 9.84. The first-order valence-corrected chi connectivity index (χ1v) is 6.60. The Hall–Kier alpha value is -1.06. The lowest BCUT2D eigenvalue weighted by molar-refractivity contribution is 0.301. The fraction of sp³-hybridized carbons (Fsp3) is 0.600. The summed E-state index contributed by atoms with van der Waals surface area (Å²) in [7, 11) is 1.75. The predicted octanol–water partition coefficient (Wildman–Crippen LogP) is 2.03. The fourth-order valence-corrected chi connectivity index (χ4v) is 2.96. The highest BCUT2D eigenvalue weighted by molar-refractivity contribution is 5.51. The number of benzene rings is 1. The Morgan fingerprint density at radius 3 is 2.44 bits per heavy atom. The number of piperazine rings is 1. The van der Waals surface area contributed by atoms with Crippen LogP contribution in [0.25, 0.3) is 0 Å². The molecule has 1 saturated heterocycles. The third kappa shape index (κ3) is 2.13.